The van der Waals surface area contributed by atoms with Crippen LogP contribution in [0.25, 0.3) is 0 Å². The van der Waals surface area contributed by atoms with E-state index in [-0.39, 0.29) is 5.54 Å². The molecule has 0 radical (unpaired) electrons. The summed E-state index contributed by atoms with van der Waals surface area (Å²) in [5, 5.41) is 0. The molecule has 0 spiro atoms. The molecular weight excluding hydrogens is 230 g/mol. The molecule has 1 nitrogen and oxygen atoms in total. The SMILES string of the molecule is CC.CC(C)=CCC1CC1(C)C1CCCCC1(C)N. The summed E-state index contributed by atoms with van der Waals surface area (Å²) in [4.78, 5) is 0. The van der Waals surface area contributed by atoms with Gasteiger partial charge in [0.25, 0.3) is 0 Å². The largest absolute Gasteiger partial charge is 0.325 e. The van der Waals surface area contributed by atoms with Gasteiger partial charge in [-0.15, -0.1) is 0 Å². The summed E-state index contributed by atoms with van der Waals surface area (Å²) in [5.41, 5.74) is 8.64. The molecule has 0 saturated heterocycles. The molecule has 2 rings (SSSR count). The van der Waals surface area contributed by atoms with Gasteiger partial charge in [0.15, 0.2) is 0 Å². The van der Waals surface area contributed by atoms with Crippen LogP contribution in [0.3, 0.4) is 0 Å². The molecule has 0 aliphatic heterocycles. The van der Waals surface area contributed by atoms with Crippen LogP contribution in [-0.4, -0.2) is 5.54 Å². The molecular formula is C18H35N. The van der Waals surface area contributed by atoms with Crippen molar-refractivity contribution in [1.29, 1.82) is 0 Å². The van der Waals surface area contributed by atoms with E-state index < -0.39 is 0 Å². The molecule has 0 bridgehead atoms. The van der Waals surface area contributed by atoms with Crippen LogP contribution in [-0.2, 0) is 0 Å². The first-order chi connectivity index (χ1) is 8.86. The van der Waals surface area contributed by atoms with Crippen molar-refractivity contribution < 1.29 is 0 Å². The van der Waals surface area contributed by atoms with Gasteiger partial charge >= 0.3 is 0 Å². The number of allylic oxidation sites excluding steroid dienone is 2. The Labute approximate surface area is 121 Å². The lowest BCUT2D eigenvalue weighted by Crippen LogP contribution is -2.49. The highest BCUT2D eigenvalue weighted by atomic mass is 14.8. The van der Waals surface area contributed by atoms with Crippen molar-refractivity contribution >= 4 is 0 Å². The van der Waals surface area contributed by atoms with Crippen LogP contribution in [0.4, 0.5) is 0 Å². The zero-order valence-corrected chi connectivity index (χ0v) is 14.1. The van der Waals surface area contributed by atoms with Gasteiger partial charge in [0.2, 0.25) is 0 Å². The van der Waals surface area contributed by atoms with Crippen molar-refractivity contribution in [3.63, 3.8) is 0 Å². The molecule has 2 aliphatic carbocycles. The Hall–Kier alpha value is -0.300. The van der Waals surface area contributed by atoms with Crippen LogP contribution < -0.4 is 5.73 Å². The van der Waals surface area contributed by atoms with E-state index in [1.807, 2.05) is 13.8 Å². The van der Waals surface area contributed by atoms with E-state index in [9.17, 15) is 0 Å². The summed E-state index contributed by atoms with van der Waals surface area (Å²) in [6.45, 7) is 13.2. The molecule has 0 heterocycles. The van der Waals surface area contributed by atoms with Crippen LogP contribution in [0.2, 0.25) is 0 Å². The van der Waals surface area contributed by atoms with Crippen molar-refractivity contribution in [3.8, 4) is 0 Å². The fourth-order valence-corrected chi connectivity index (χ4v) is 4.07. The molecule has 0 aromatic carbocycles. The van der Waals surface area contributed by atoms with E-state index in [2.05, 4.69) is 33.8 Å². The highest BCUT2D eigenvalue weighted by molar-refractivity contribution is 5.12. The van der Waals surface area contributed by atoms with E-state index in [0.717, 1.165) is 11.8 Å². The van der Waals surface area contributed by atoms with E-state index in [1.54, 1.807) is 0 Å². The Balaban J connectivity index is 0.000000861. The Morgan fingerprint density at radius 2 is 1.84 bits per heavy atom. The molecule has 19 heavy (non-hydrogen) atoms. The third-order valence-electron chi connectivity index (χ3n) is 5.32. The Morgan fingerprint density at radius 1 is 1.21 bits per heavy atom. The number of hydrogen-bond donors (Lipinski definition) is 1. The summed E-state index contributed by atoms with van der Waals surface area (Å²) < 4.78 is 0. The monoisotopic (exact) mass is 265 g/mol. The highest BCUT2D eigenvalue weighted by Crippen LogP contribution is 2.63. The van der Waals surface area contributed by atoms with E-state index in [0.29, 0.717) is 5.41 Å². The molecule has 0 amide bonds. The van der Waals surface area contributed by atoms with E-state index >= 15 is 0 Å². The number of nitrogens with two attached hydrogens (primary N) is 1. The third-order valence-corrected chi connectivity index (χ3v) is 5.32. The second-order valence-corrected chi connectivity index (χ2v) is 7.23. The summed E-state index contributed by atoms with van der Waals surface area (Å²) in [7, 11) is 0. The average Bonchev–Trinajstić information content (AvgIpc) is 3.00. The van der Waals surface area contributed by atoms with Crippen LogP contribution >= 0.6 is 0 Å². The molecule has 112 valence electrons. The highest BCUT2D eigenvalue weighted by Gasteiger charge is 2.58. The number of hydrogen-bond acceptors (Lipinski definition) is 1. The van der Waals surface area contributed by atoms with Gasteiger partial charge in [-0.25, -0.2) is 0 Å². The average molecular weight is 265 g/mol. The summed E-state index contributed by atoms with van der Waals surface area (Å²) >= 11 is 0. The lowest BCUT2D eigenvalue weighted by atomic mass is 9.66. The van der Waals surface area contributed by atoms with Gasteiger partial charge in [0.05, 0.1) is 0 Å². The fraction of sp³-hybridized carbons (Fsp3) is 0.889. The van der Waals surface area contributed by atoms with Crippen molar-refractivity contribution in [2.75, 3.05) is 0 Å². The Bertz CT molecular complexity index is 312. The van der Waals surface area contributed by atoms with Gasteiger partial charge < -0.3 is 5.73 Å². The van der Waals surface area contributed by atoms with Gasteiger partial charge in [-0.2, -0.15) is 0 Å². The van der Waals surface area contributed by atoms with Crippen molar-refractivity contribution in [1.82, 2.24) is 0 Å². The molecule has 4 atom stereocenters. The minimum Gasteiger partial charge on any atom is -0.325 e. The van der Waals surface area contributed by atoms with Crippen molar-refractivity contribution in [3.05, 3.63) is 11.6 Å². The van der Waals surface area contributed by atoms with Crippen LogP contribution in [0.1, 0.15) is 80.1 Å². The maximum absolute atomic E-state index is 6.55. The van der Waals surface area contributed by atoms with Crippen LogP contribution in [0.15, 0.2) is 11.6 Å². The van der Waals surface area contributed by atoms with Gasteiger partial charge in [-0.05, 0) is 63.7 Å². The molecule has 2 fully saturated rings. The summed E-state index contributed by atoms with van der Waals surface area (Å²) in [6, 6.07) is 0. The first-order valence-corrected chi connectivity index (χ1v) is 8.28. The minimum atomic E-state index is 0.0900. The van der Waals surface area contributed by atoms with Gasteiger partial charge in [0.1, 0.15) is 0 Å². The molecule has 2 aliphatic rings. The molecule has 0 aromatic rings. The third kappa shape index (κ3) is 3.84. The summed E-state index contributed by atoms with van der Waals surface area (Å²) in [5.74, 6) is 1.64. The standard InChI is InChI=1S/C16H29N.C2H6/c1-12(2)8-9-13-11-15(13,3)14-7-5-6-10-16(14,4)17;1-2/h8,13-14H,5-7,9-11,17H2,1-4H3;1-2H3. The predicted molar refractivity (Wildman–Crippen MR) is 86.2 cm³/mol. The van der Waals surface area contributed by atoms with E-state index in [4.69, 9.17) is 5.73 Å². The lowest BCUT2D eigenvalue weighted by molar-refractivity contribution is 0.124. The first-order valence-electron chi connectivity index (χ1n) is 8.28. The Morgan fingerprint density at radius 3 is 2.37 bits per heavy atom. The van der Waals surface area contributed by atoms with Crippen molar-refractivity contribution in [2.45, 2.75) is 85.6 Å². The maximum atomic E-state index is 6.55. The predicted octanol–water partition coefficient (Wildman–Crippen LogP) is 5.30. The Kier molecular flexibility index (Phi) is 5.67. The summed E-state index contributed by atoms with van der Waals surface area (Å²) in [6.07, 6.45) is 10.4. The molecule has 0 aromatic heterocycles. The lowest BCUT2D eigenvalue weighted by Gasteiger charge is -2.43. The maximum Gasteiger partial charge on any atom is 0.0159 e. The zero-order valence-electron chi connectivity index (χ0n) is 14.1. The molecule has 2 saturated carbocycles. The van der Waals surface area contributed by atoms with Gasteiger partial charge in [-0.1, -0.05) is 45.3 Å². The molecule has 2 N–H and O–H groups in total. The zero-order chi connectivity index (χ0) is 14.7. The van der Waals surface area contributed by atoms with Gasteiger partial charge in [-0.3, -0.25) is 0 Å². The minimum absolute atomic E-state index is 0.0900. The normalized spacial score (nSPS) is 41.0. The first kappa shape index (κ1) is 16.8. The van der Waals surface area contributed by atoms with Crippen molar-refractivity contribution in [2.24, 2.45) is 23.0 Å². The second-order valence-electron chi connectivity index (χ2n) is 7.23. The second kappa shape index (κ2) is 6.43. The van der Waals surface area contributed by atoms with E-state index in [1.165, 1.54) is 44.1 Å². The van der Waals surface area contributed by atoms with Gasteiger partial charge in [0, 0.05) is 5.54 Å². The molecule has 4 unspecified atom stereocenters. The smallest absolute Gasteiger partial charge is 0.0159 e. The quantitative estimate of drug-likeness (QED) is 0.688. The number of rotatable bonds is 3. The molecule has 1 heteroatoms. The van der Waals surface area contributed by atoms with Crippen LogP contribution in [0.5, 0.6) is 0 Å². The van der Waals surface area contributed by atoms with Crippen LogP contribution in [0, 0.1) is 17.3 Å². The topological polar surface area (TPSA) is 26.0 Å². The fourth-order valence-electron chi connectivity index (χ4n) is 4.07.